The third kappa shape index (κ3) is 8.31. The molecule has 38 heavy (non-hydrogen) atoms. The summed E-state index contributed by atoms with van der Waals surface area (Å²) in [6.45, 7) is 1.55. The van der Waals surface area contributed by atoms with Gasteiger partial charge in [-0.05, 0) is 36.2 Å². The molecule has 2 amide bonds. The molecule has 0 spiro atoms. The van der Waals surface area contributed by atoms with E-state index in [1.54, 1.807) is 68.6 Å². The summed E-state index contributed by atoms with van der Waals surface area (Å²) in [4.78, 5) is 28.1. The summed E-state index contributed by atoms with van der Waals surface area (Å²) >= 11 is 6.02. The van der Waals surface area contributed by atoms with Crippen LogP contribution in [0.2, 0.25) is 5.02 Å². The summed E-state index contributed by atoms with van der Waals surface area (Å²) < 4.78 is 31.6. The third-order valence-corrected chi connectivity index (χ3v) is 7.51. The normalized spacial score (nSPS) is 12.1. The number of ether oxygens (including phenoxy) is 1. The molecule has 0 radical (unpaired) electrons. The number of carbonyl (C=O) groups is 2. The van der Waals surface area contributed by atoms with Crippen molar-refractivity contribution >= 4 is 33.4 Å². The van der Waals surface area contributed by atoms with E-state index in [4.69, 9.17) is 16.3 Å². The van der Waals surface area contributed by atoms with E-state index < -0.39 is 28.5 Å². The van der Waals surface area contributed by atoms with Crippen molar-refractivity contribution in [3.8, 4) is 5.75 Å². The van der Waals surface area contributed by atoms with Crippen molar-refractivity contribution in [3.63, 3.8) is 0 Å². The number of hydrogen-bond donors (Lipinski definition) is 1. The highest BCUT2D eigenvalue weighted by molar-refractivity contribution is 7.88. The molecule has 3 aromatic carbocycles. The number of para-hydroxylation sites is 1. The van der Waals surface area contributed by atoms with Crippen LogP contribution in [0.3, 0.4) is 0 Å². The van der Waals surface area contributed by atoms with Gasteiger partial charge in [-0.3, -0.25) is 9.59 Å². The molecule has 1 N–H and O–H groups in total. The standard InChI is InChI=1S/C28H32ClN3O5S/c1-21(28(34)30-17-24-11-7-8-12-26(24)37-2)32(19-23-13-15-25(29)16-14-23)27(33)20-31(38(3,35)36)18-22-9-5-4-6-10-22/h4-16,21H,17-20H2,1-3H3,(H,30,34)/t21-/m0/s1. The van der Waals surface area contributed by atoms with E-state index in [1.807, 2.05) is 24.3 Å². The number of methoxy groups -OCH3 is 1. The third-order valence-electron chi connectivity index (χ3n) is 6.06. The lowest BCUT2D eigenvalue weighted by molar-refractivity contribution is -0.140. The molecule has 0 unspecified atom stereocenters. The molecule has 0 heterocycles. The highest BCUT2D eigenvalue weighted by atomic mass is 35.5. The molecule has 0 bridgehead atoms. The molecule has 1 atom stereocenters. The molecule has 0 aliphatic heterocycles. The maximum absolute atomic E-state index is 13.6. The minimum absolute atomic E-state index is 0.0363. The number of nitrogens with zero attached hydrogens (tertiary/aromatic N) is 2. The molecule has 0 fully saturated rings. The fourth-order valence-corrected chi connectivity index (χ4v) is 4.72. The Kier molecular flexibility index (Phi) is 10.3. The first-order valence-electron chi connectivity index (χ1n) is 12.0. The number of halogens is 1. The Morgan fingerprint density at radius 1 is 0.921 bits per heavy atom. The zero-order chi connectivity index (χ0) is 27.7. The molecule has 0 aliphatic carbocycles. The fourth-order valence-electron chi connectivity index (χ4n) is 3.87. The van der Waals surface area contributed by atoms with Gasteiger partial charge in [0.25, 0.3) is 0 Å². The number of sulfonamides is 1. The number of rotatable bonds is 12. The van der Waals surface area contributed by atoms with Crippen LogP contribution in [0.1, 0.15) is 23.6 Å². The predicted molar refractivity (Wildman–Crippen MR) is 148 cm³/mol. The van der Waals surface area contributed by atoms with Crippen LogP contribution >= 0.6 is 11.6 Å². The molecular weight excluding hydrogens is 526 g/mol. The Bertz CT molecular complexity index is 1330. The van der Waals surface area contributed by atoms with Gasteiger partial charge in [0, 0.05) is 30.2 Å². The average molecular weight is 558 g/mol. The van der Waals surface area contributed by atoms with Crippen LogP contribution < -0.4 is 10.1 Å². The molecular formula is C28H32ClN3O5S. The highest BCUT2D eigenvalue weighted by Crippen LogP contribution is 2.18. The summed E-state index contributed by atoms with van der Waals surface area (Å²) in [6.07, 6.45) is 1.07. The van der Waals surface area contributed by atoms with Gasteiger partial charge >= 0.3 is 0 Å². The van der Waals surface area contributed by atoms with Crippen molar-refractivity contribution in [2.75, 3.05) is 19.9 Å². The van der Waals surface area contributed by atoms with Gasteiger partial charge in [0.15, 0.2) is 0 Å². The topological polar surface area (TPSA) is 96.0 Å². The monoisotopic (exact) mass is 557 g/mol. The van der Waals surface area contributed by atoms with Crippen molar-refractivity contribution in [1.82, 2.24) is 14.5 Å². The van der Waals surface area contributed by atoms with Gasteiger partial charge in [-0.25, -0.2) is 8.42 Å². The maximum atomic E-state index is 13.6. The van der Waals surface area contributed by atoms with Crippen molar-refractivity contribution < 1.29 is 22.7 Å². The van der Waals surface area contributed by atoms with Gasteiger partial charge in [0.2, 0.25) is 21.8 Å². The van der Waals surface area contributed by atoms with E-state index in [0.29, 0.717) is 10.8 Å². The molecule has 3 aromatic rings. The molecule has 0 saturated heterocycles. The molecule has 202 valence electrons. The second kappa shape index (κ2) is 13.4. The largest absolute Gasteiger partial charge is 0.496 e. The molecule has 0 saturated carbocycles. The molecule has 0 aliphatic rings. The number of hydrogen-bond acceptors (Lipinski definition) is 5. The second-order valence-corrected chi connectivity index (χ2v) is 11.3. The van der Waals surface area contributed by atoms with E-state index in [9.17, 15) is 18.0 Å². The lowest BCUT2D eigenvalue weighted by Gasteiger charge is -2.31. The molecule has 0 aromatic heterocycles. The van der Waals surface area contributed by atoms with E-state index in [2.05, 4.69) is 5.32 Å². The summed E-state index contributed by atoms with van der Waals surface area (Å²) in [5.41, 5.74) is 2.29. The van der Waals surface area contributed by atoms with Crippen LogP contribution in [0.25, 0.3) is 0 Å². The van der Waals surface area contributed by atoms with E-state index >= 15 is 0 Å². The summed E-state index contributed by atoms with van der Waals surface area (Å²) in [7, 11) is -2.16. The number of carbonyl (C=O) groups excluding carboxylic acids is 2. The Labute approximate surface area is 229 Å². The lowest BCUT2D eigenvalue weighted by atomic mass is 10.1. The molecule has 3 rings (SSSR count). The van der Waals surface area contributed by atoms with E-state index in [1.165, 1.54) is 4.90 Å². The second-order valence-electron chi connectivity index (χ2n) is 8.87. The lowest BCUT2D eigenvalue weighted by Crippen LogP contribution is -2.50. The van der Waals surface area contributed by atoms with Gasteiger partial charge in [0.05, 0.1) is 19.9 Å². The number of benzene rings is 3. The first kappa shape index (κ1) is 29.2. The van der Waals surface area contributed by atoms with Gasteiger partial charge in [-0.2, -0.15) is 4.31 Å². The minimum Gasteiger partial charge on any atom is -0.496 e. The quantitative estimate of drug-likeness (QED) is 0.365. The Hall–Kier alpha value is -3.40. The van der Waals surface area contributed by atoms with Crippen LogP contribution in [0.4, 0.5) is 0 Å². The first-order valence-corrected chi connectivity index (χ1v) is 14.2. The van der Waals surface area contributed by atoms with Crippen molar-refractivity contribution in [2.45, 2.75) is 32.6 Å². The zero-order valence-electron chi connectivity index (χ0n) is 21.6. The smallest absolute Gasteiger partial charge is 0.242 e. The fraction of sp³-hybridized carbons (Fsp3) is 0.286. The maximum Gasteiger partial charge on any atom is 0.242 e. The summed E-state index contributed by atoms with van der Waals surface area (Å²) in [5, 5.41) is 3.40. The Morgan fingerprint density at radius 2 is 1.53 bits per heavy atom. The van der Waals surface area contributed by atoms with Crippen LogP contribution in [0, 0.1) is 0 Å². The summed E-state index contributed by atoms with van der Waals surface area (Å²) in [6, 6.07) is 22.4. The highest BCUT2D eigenvalue weighted by Gasteiger charge is 2.30. The van der Waals surface area contributed by atoms with Gasteiger partial charge in [-0.1, -0.05) is 72.3 Å². The van der Waals surface area contributed by atoms with Crippen molar-refractivity contribution in [3.05, 3.63) is 101 Å². The minimum atomic E-state index is -3.72. The average Bonchev–Trinajstić information content (AvgIpc) is 2.90. The summed E-state index contributed by atoms with van der Waals surface area (Å²) in [5.74, 6) is -0.243. The van der Waals surface area contributed by atoms with Crippen LogP contribution in [-0.4, -0.2) is 55.4 Å². The number of nitrogens with one attached hydrogen (secondary N) is 1. The zero-order valence-corrected chi connectivity index (χ0v) is 23.2. The SMILES string of the molecule is COc1ccccc1CNC(=O)[C@H](C)N(Cc1ccc(Cl)cc1)C(=O)CN(Cc1ccccc1)S(C)(=O)=O. The molecule has 8 nitrogen and oxygen atoms in total. The van der Waals surface area contributed by atoms with Crippen LogP contribution in [0.5, 0.6) is 5.75 Å². The Balaban J connectivity index is 1.81. The molecule has 10 heteroatoms. The van der Waals surface area contributed by atoms with Crippen LogP contribution in [0.15, 0.2) is 78.9 Å². The number of amides is 2. The Morgan fingerprint density at radius 3 is 2.16 bits per heavy atom. The van der Waals surface area contributed by atoms with Crippen molar-refractivity contribution in [1.29, 1.82) is 0 Å². The van der Waals surface area contributed by atoms with E-state index in [0.717, 1.165) is 27.3 Å². The predicted octanol–water partition coefficient (Wildman–Crippen LogP) is 3.84. The first-order chi connectivity index (χ1) is 18.1. The van der Waals surface area contributed by atoms with Crippen LogP contribution in [-0.2, 0) is 39.2 Å². The van der Waals surface area contributed by atoms with E-state index in [-0.39, 0.29) is 25.5 Å². The van der Waals surface area contributed by atoms with Gasteiger partial charge in [0.1, 0.15) is 11.8 Å². The van der Waals surface area contributed by atoms with Gasteiger partial charge in [-0.15, -0.1) is 0 Å². The van der Waals surface area contributed by atoms with Crippen molar-refractivity contribution in [2.24, 2.45) is 0 Å². The van der Waals surface area contributed by atoms with Gasteiger partial charge < -0.3 is 15.0 Å².